The van der Waals surface area contributed by atoms with E-state index >= 15 is 0 Å². The zero-order chi connectivity index (χ0) is 18.7. The molecule has 0 radical (unpaired) electrons. The van der Waals surface area contributed by atoms with Gasteiger partial charge in [0.2, 0.25) is 0 Å². The fourth-order valence-electron chi connectivity index (χ4n) is 4.54. The summed E-state index contributed by atoms with van der Waals surface area (Å²) in [4.78, 5) is 22.3. The molecule has 140 valence electrons. The van der Waals surface area contributed by atoms with Crippen LogP contribution >= 0.6 is 0 Å². The summed E-state index contributed by atoms with van der Waals surface area (Å²) in [5.41, 5.74) is 0.274. The molecule has 4 nitrogen and oxygen atoms in total. The smallest absolute Gasteiger partial charge is 0.133 e. The molecular formula is C20H36O4. The van der Waals surface area contributed by atoms with Gasteiger partial charge < -0.3 is 9.84 Å². The second-order valence-corrected chi connectivity index (χ2v) is 8.80. The molecule has 2 rings (SSSR count). The summed E-state index contributed by atoms with van der Waals surface area (Å²) in [7, 11) is 1.72. The van der Waals surface area contributed by atoms with Crippen molar-refractivity contribution in [2.75, 3.05) is 20.3 Å². The molecule has 4 heteroatoms. The van der Waals surface area contributed by atoms with Gasteiger partial charge in [0.1, 0.15) is 11.6 Å². The van der Waals surface area contributed by atoms with Crippen LogP contribution in [0, 0.1) is 34.5 Å². The number of hydrogen-bond donors (Lipinski definition) is 1. The Morgan fingerprint density at radius 1 is 0.958 bits per heavy atom. The van der Waals surface area contributed by atoms with E-state index in [-0.39, 0.29) is 29.3 Å². The third kappa shape index (κ3) is 4.26. The van der Waals surface area contributed by atoms with Gasteiger partial charge in [-0.1, -0.05) is 27.7 Å². The van der Waals surface area contributed by atoms with E-state index in [1.165, 1.54) is 0 Å². The first-order chi connectivity index (χ1) is 11.0. The largest absolute Gasteiger partial charge is 0.396 e. The molecule has 0 unspecified atom stereocenters. The van der Waals surface area contributed by atoms with E-state index in [0.717, 1.165) is 25.9 Å². The number of carbonyl (C=O) groups excluding carboxylic acids is 2. The van der Waals surface area contributed by atoms with E-state index in [1.54, 1.807) is 21.0 Å². The molecule has 0 saturated heterocycles. The second-order valence-electron chi connectivity index (χ2n) is 8.80. The average molecular weight is 341 g/mol. The Morgan fingerprint density at radius 3 is 1.67 bits per heavy atom. The Bertz CT molecular complexity index is 411. The fourth-order valence-corrected chi connectivity index (χ4v) is 4.54. The number of hydrogen-bond acceptors (Lipinski definition) is 4. The lowest BCUT2D eigenvalue weighted by atomic mass is 9.53. The van der Waals surface area contributed by atoms with Gasteiger partial charge in [-0.2, -0.15) is 0 Å². The molecule has 4 atom stereocenters. The van der Waals surface area contributed by atoms with Gasteiger partial charge in [0, 0.05) is 32.2 Å². The van der Waals surface area contributed by atoms with Crippen molar-refractivity contribution in [3.63, 3.8) is 0 Å². The zero-order valence-electron chi connectivity index (χ0n) is 16.5. The maximum atomic E-state index is 11.2. The van der Waals surface area contributed by atoms with Crippen molar-refractivity contribution in [3.05, 3.63) is 0 Å². The van der Waals surface area contributed by atoms with E-state index in [4.69, 9.17) is 9.84 Å². The molecule has 0 aromatic carbocycles. The number of aliphatic hydroxyl groups excluding tert-OH is 1. The van der Waals surface area contributed by atoms with Crippen LogP contribution in [-0.2, 0) is 14.3 Å². The second kappa shape index (κ2) is 8.09. The van der Waals surface area contributed by atoms with Gasteiger partial charge in [-0.15, -0.1) is 0 Å². The fraction of sp³-hybridized carbons (Fsp3) is 0.900. The molecule has 0 amide bonds. The summed E-state index contributed by atoms with van der Waals surface area (Å²) in [6.07, 6.45) is 2.83. The van der Waals surface area contributed by atoms with Crippen molar-refractivity contribution < 1.29 is 19.4 Å². The van der Waals surface area contributed by atoms with Crippen LogP contribution in [0.3, 0.4) is 0 Å². The normalized spacial score (nSPS) is 32.7. The molecule has 2 saturated carbocycles. The van der Waals surface area contributed by atoms with Gasteiger partial charge in [0.05, 0.1) is 0 Å². The molecule has 2 aliphatic rings. The Kier molecular flexibility index (Phi) is 7.18. The van der Waals surface area contributed by atoms with Crippen LogP contribution in [-0.4, -0.2) is 37.0 Å². The minimum absolute atomic E-state index is 0.120. The Morgan fingerprint density at radius 2 is 1.38 bits per heavy atom. The van der Waals surface area contributed by atoms with Crippen LogP contribution in [0.2, 0.25) is 0 Å². The Labute approximate surface area is 147 Å². The summed E-state index contributed by atoms with van der Waals surface area (Å²) >= 11 is 0. The van der Waals surface area contributed by atoms with E-state index in [9.17, 15) is 9.59 Å². The van der Waals surface area contributed by atoms with Crippen molar-refractivity contribution in [3.8, 4) is 0 Å². The number of ether oxygens (including phenoxy) is 1. The highest BCUT2D eigenvalue weighted by Gasteiger charge is 2.50. The minimum atomic E-state index is 0.120. The van der Waals surface area contributed by atoms with E-state index < -0.39 is 0 Å². The molecule has 0 aliphatic heterocycles. The number of ketones is 2. The van der Waals surface area contributed by atoms with Crippen molar-refractivity contribution >= 4 is 11.6 Å². The lowest BCUT2D eigenvalue weighted by Gasteiger charge is -2.51. The monoisotopic (exact) mass is 340 g/mol. The number of carbonyl (C=O) groups is 2. The van der Waals surface area contributed by atoms with Crippen molar-refractivity contribution in [2.24, 2.45) is 34.5 Å². The van der Waals surface area contributed by atoms with Gasteiger partial charge in [0.15, 0.2) is 0 Å². The summed E-state index contributed by atoms with van der Waals surface area (Å²) in [5, 5.41) is 8.77. The molecule has 1 N–H and O–H groups in total. The standard InChI is InChI=1S/2C10H18O2/c1-7(11)9-5-8(6-12-4)10(9,2)3;1-7(12)9-6-8(4-5-11)10(9,2)3/h8-9H,5-6H2,1-4H3;8-9,11H,4-6H2,1-3H3/t8-,9+;8-,9-/m01/s1. The van der Waals surface area contributed by atoms with Crippen molar-refractivity contribution in [1.82, 2.24) is 0 Å². The SMILES string of the molecule is CC(=O)[C@H]1C[C@@H](CCO)C1(C)C.COC[C@@H]1C[C@H](C(C)=O)C1(C)C. The lowest BCUT2D eigenvalue weighted by Crippen LogP contribution is -2.49. The summed E-state index contributed by atoms with van der Waals surface area (Å²) in [6.45, 7) is 13.0. The number of Topliss-reactive ketones (excluding diaryl/α,β-unsaturated/α-hetero) is 2. The number of methoxy groups -OCH3 is 1. The third-order valence-corrected chi connectivity index (χ3v) is 6.77. The minimum Gasteiger partial charge on any atom is -0.396 e. The Balaban J connectivity index is 0.000000240. The first-order valence-corrected chi connectivity index (χ1v) is 9.10. The average Bonchev–Trinajstić information content (AvgIpc) is 2.46. The summed E-state index contributed by atoms with van der Waals surface area (Å²) in [5.74, 6) is 2.22. The molecule has 0 heterocycles. The molecule has 24 heavy (non-hydrogen) atoms. The van der Waals surface area contributed by atoms with Crippen LogP contribution < -0.4 is 0 Å². The van der Waals surface area contributed by atoms with E-state index in [2.05, 4.69) is 27.7 Å². The zero-order valence-corrected chi connectivity index (χ0v) is 16.5. The molecule has 2 aliphatic carbocycles. The van der Waals surface area contributed by atoms with Crippen LogP contribution in [0.25, 0.3) is 0 Å². The van der Waals surface area contributed by atoms with Crippen LogP contribution in [0.15, 0.2) is 0 Å². The van der Waals surface area contributed by atoms with Gasteiger partial charge in [-0.05, 0) is 55.8 Å². The van der Waals surface area contributed by atoms with Gasteiger partial charge in [0.25, 0.3) is 0 Å². The number of aliphatic hydroxyl groups is 1. The van der Waals surface area contributed by atoms with Gasteiger partial charge >= 0.3 is 0 Å². The molecular weight excluding hydrogens is 304 g/mol. The maximum Gasteiger partial charge on any atom is 0.133 e. The van der Waals surface area contributed by atoms with Crippen LogP contribution in [0.4, 0.5) is 0 Å². The molecule has 0 aromatic heterocycles. The van der Waals surface area contributed by atoms with E-state index in [0.29, 0.717) is 23.4 Å². The molecule has 0 spiro atoms. The quantitative estimate of drug-likeness (QED) is 0.804. The van der Waals surface area contributed by atoms with E-state index in [1.807, 2.05) is 0 Å². The number of rotatable bonds is 6. The third-order valence-electron chi connectivity index (χ3n) is 6.77. The van der Waals surface area contributed by atoms with Crippen LogP contribution in [0.1, 0.15) is 60.8 Å². The summed E-state index contributed by atoms with van der Waals surface area (Å²) in [6, 6.07) is 0. The predicted octanol–water partition coefficient (Wildman–Crippen LogP) is 3.50. The highest BCUT2D eigenvalue weighted by molar-refractivity contribution is 5.80. The highest BCUT2D eigenvalue weighted by Crippen LogP contribution is 2.53. The summed E-state index contributed by atoms with van der Waals surface area (Å²) < 4.78 is 5.10. The Hall–Kier alpha value is -0.740. The predicted molar refractivity (Wildman–Crippen MR) is 95.7 cm³/mol. The highest BCUT2D eigenvalue weighted by atomic mass is 16.5. The lowest BCUT2D eigenvalue weighted by molar-refractivity contribution is -0.139. The van der Waals surface area contributed by atoms with Gasteiger partial charge in [-0.3, -0.25) is 9.59 Å². The molecule has 2 fully saturated rings. The first kappa shape index (κ1) is 21.3. The topological polar surface area (TPSA) is 63.6 Å². The van der Waals surface area contributed by atoms with Gasteiger partial charge in [-0.25, -0.2) is 0 Å². The first-order valence-electron chi connectivity index (χ1n) is 9.10. The molecule has 0 aromatic rings. The van der Waals surface area contributed by atoms with Crippen LogP contribution in [0.5, 0.6) is 0 Å². The maximum absolute atomic E-state index is 11.2. The van der Waals surface area contributed by atoms with Crippen molar-refractivity contribution in [2.45, 2.75) is 60.8 Å². The van der Waals surface area contributed by atoms with Crippen molar-refractivity contribution in [1.29, 1.82) is 0 Å². The molecule has 0 bridgehead atoms.